The van der Waals surface area contributed by atoms with Gasteiger partial charge in [0.25, 0.3) is 0 Å². The summed E-state index contributed by atoms with van der Waals surface area (Å²) in [5.74, 6) is 0.500. The van der Waals surface area contributed by atoms with Crippen molar-refractivity contribution in [3.63, 3.8) is 0 Å². The molecular weight excluding hydrogens is 307 g/mol. The largest absolute Gasteiger partial charge is 0.357 e. The van der Waals surface area contributed by atoms with Crippen molar-refractivity contribution in [3.8, 4) is 0 Å². The third kappa shape index (κ3) is 6.56. The van der Waals surface area contributed by atoms with Gasteiger partial charge in [-0.25, -0.2) is 9.38 Å². The van der Waals surface area contributed by atoms with Crippen molar-refractivity contribution in [2.45, 2.75) is 51.6 Å². The Bertz CT molecular complexity index is 538. The molecule has 0 heterocycles. The molecule has 1 amide bonds. The molecular formula is C18H27FN4O. The first-order valence-corrected chi connectivity index (χ1v) is 8.73. The van der Waals surface area contributed by atoms with Crippen LogP contribution in [0.1, 0.15) is 44.6 Å². The topological polar surface area (TPSA) is 65.5 Å². The maximum Gasteiger partial charge on any atom is 0.221 e. The number of hydrogen-bond donors (Lipinski definition) is 3. The van der Waals surface area contributed by atoms with Crippen LogP contribution >= 0.6 is 0 Å². The van der Waals surface area contributed by atoms with Gasteiger partial charge in [0.2, 0.25) is 5.91 Å². The van der Waals surface area contributed by atoms with Gasteiger partial charge in [-0.1, -0.05) is 25.0 Å². The molecule has 2 rings (SSSR count). The van der Waals surface area contributed by atoms with E-state index in [0.717, 1.165) is 24.9 Å². The lowest BCUT2D eigenvalue weighted by molar-refractivity contribution is -0.121. The van der Waals surface area contributed by atoms with E-state index in [9.17, 15) is 9.18 Å². The Hall–Kier alpha value is -2.11. The molecule has 132 valence electrons. The number of aliphatic imine (C=N–C) groups is 1. The fourth-order valence-electron chi connectivity index (χ4n) is 2.77. The highest BCUT2D eigenvalue weighted by Gasteiger charge is 2.16. The number of benzene rings is 1. The quantitative estimate of drug-likeness (QED) is 0.530. The molecule has 1 aromatic carbocycles. The van der Waals surface area contributed by atoms with Crippen LogP contribution in [0, 0.1) is 5.82 Å². The average molecular weight is 334 g/mol. The van der Waals surface area contributed by atoms with Crippen LogP contribution in [0.25, 0.3) is 0 Å². The maximum absolute atomic E-state index is 12.9. The summed E-state index contributed by atoms with van der Waals surface area (Å²) < 4.78 is 12.9. The van der Waals surface area contributed by atoms with Crippen molar-refractivity contribution in [3.05, 3.63) is 35.6 Å². The normalized spacial score (nSPS) is 15.3. The number of amides is 1. The van der Waals surface area contributed by atoms with Gasteiger partial charge in [-0.3, -0.25) is 4.79 Å². The van der Waals surface area contributed by atoms with Crippen LogP contribution in [0.4, 0.5) is 4.39 Å². The Kier molecular flexibility index (Phi) is 7.52. The molecule has 1 saturated carbocycles. The highest BCUT2D eigenvalue weighted by molar-refractivity contribution is 5.81. The van der Waals surface area contributed by atoms with Gasteiger partial charge in [0, 0.05) is 25.6 Å². The van der Waals surface area contributed by atoms with E-state index in [1.165, 1.54) is 25.0 Å². The van der Waals surface area contributed by atoms with Crippen molar-refractivity contribution >= 4 is 11.9 Å². The summed E-state index contributed by atoms with van der Waals surface area (Å²) in [4.78, 5) is 16.4. The Morgan fingerprint density at radius 1 is 1.21 bits per heavy atom. The third-order valence-corrected chi connectivity index (χ3v) is 4.04. The number of hydrogen-bond acceptors (Lipinski definition) is 2. The molecule has 0 saturated heterocycles. The van der Waals surface area contributed by atoms with Gasteiger partial charge in [0.15, 0.2) is 5.96 Å². The van der Waals surface area contributed by atoms with Crippen molar-refractivity contribution in [2.75, 3.05) is 13.1 Å². The standard InChI is InChI=1S/C18H27FN4O/c1-2-20-18(22-13-14-7-9-15(19)10-8-14)21-12-11-17(24)23-16-5-3-4-6-16/h7-10,16H,2-6,11-13H2,1H3,(H,23,24)(H2,20,21,22). The zero-order valence-electron chi connectivity index (χ0n) is 14.3. The minimum atomic E-state index is -0.249. The number of carbonyl (C=O) groups is 1. The minimum Gasteiger partial charge on any atom is -0.357 e. The summed E-state index contributed by atoms with van der Waals surface area (Å²) in [6, 6.07) is 6.66. The van der Waals surface area contributed by atoms with E-state index in [2.05, 4.69) is 20.9 Å². The first kappa shape index (κ1) is 18.2. The third-order valence-electron chi connectivity index (χ3n) is 4.04. The highest BCUT2D eigenvalue weighted by Crippen LogP contribution is 2.17. The summed E-state index contributed by atoms with van der Waals surface area (Å²) in [6.07, 6.45) is 5.05. The van der Waals surface area contributed by atoms with E-state index in [0.29, 0.717) is 31.5 Å². The molecule has 0 aliphatic heterocycles. The van der Waals surface area contributed by atoms with E-state index >= 15 is 0 Å². The van der Waals surface area contributed by atoms with Gasteiger partial charge in [0.1, 0.15) is 5.82 Å². The fourth-order valence-corrected chi connectivity index (χ4v) is 2.77. The molecule has 0 unspecified atom stereocenters. The van der Waals surface area contributed by atoms with Crippen LogP contribution in [-0.4, -0.2) is 31.0 Å². The second-order valence-electron chi connectivity index (χ2n) is 6.05. The number of rotatable bonds is 7. The van der Waals surface area contributed by atoms with Crippen LogP contribution in [0.2, 0.25) is 0 Å². The average Bonchev–Trinajstić information content (AvgIpc) is 3.07. The molecule has 1 fully saturated rings. The van der Waals surface area contributed by atoms with Crippen LogP contribution in [0.15, 0.2) is 29.3 Å². The highest BCUT2D eigenvalue weighted by atomic mass is 19.1. The lowest BCUT2D eigenvalue weighted by Gasteiger charge is -2.14. The molecule has 5 nitrogen and oxygen atoms in total. The minimum absolute atomic E-state index is 0.0868. The SMILES string of the molecule is CCNC(=NCc1ccc(F)cc1)NCCC(=O)NC1CCCC1. The lowest BCUT2D eigenvalue weighted by Crippen LogP contribution is -2.40. The molecule has 0 atom stereocenters. The molecule has 0 radical (unpaired) electrons. The molecule has 0 spiro atoms. The fraction of sp³-hybridized carbons (Fsp3) is 0.556. The van der Waals surface area contributed by atoms with Gasteiger partial charge in [0.05, 0.1) is 6.54 Å². The predicted octanol–water partition coefficient (Wildman–Crippen LogP) is 2.33. The van der Waals surface area contributed by atoms with Gasteiger partial charge in [-0.15, -0.1) is 0 Å². The Labute approximate surface area is 143 Å². The molecule has 3 N–H and O–H groups in total. The molecule has 1 aromatic rings. The first-order valence-electron chi connectivity index (χ1n) is 8.73. The number of guanidine groups is 1. The molecule has 0 bridgehead atoms. The summed E-state index contributed by atoms with van der Waals surface area (Å²) in [5, 5.41) is 9.38. The van der Waals surface area contributed by atoms with Crippen LogP contribution in [0.5, 0.6) is 0 Å². The van der Waals surface area contributed by atoms with Crippen molar-refractivity contribution in [1.29, 1.82) is 0 Å². The molecule has 1 aliphatic carbocycles. The van der Waals surface area contributed by atoms with E-state index in [1.807, 2.05) is 6.92 Å². The predicted molar refractivity (Wildman–Crippen MR) is 94.2 cm³/mol. The maximum atomic E-state index is 12.9. The van der Waals surface area contributed by atoms with Gasteiger partial charge in [-0.2, -0.15) is 0 Å². The monoisotopic (exact) mass is 334 g/mol. The molecule has 0 aromatic heterocycles. The summed E-state index contributed by atoms with van der Waals surface area (Å²) in [5.41, 5.74) is 0.938. The number of nitrogens with one attached hydrogen (secondary N) is 3. The van der Waals surface area contributed by atoms with Gasteiger partial charge < -0.3 is 16.0 Å². The van der Waals surface area contributed by atoms with E-state index in [1.54, 1.807) is 12.1 Å². The Morgan fingerprint density at radius 2 is 1.92 bits per heavy atom. The van der Waals surface area contributed by atoms with Gasteiger partial charge >= 0.3 is 0 Å². The summed E-state index contributed by atoms with van der Waals surface area (Å²) in [6.45, 7) is 3.73. The second-order valence-corrected chi connectivity index (χ2v) is 6.05. The number of nitrogens with zero attached hydrogens (tertiary/aromatic N) is 1. The van der Waals surface area contributed by atoms with E-state index in [-0.39, 0.29) is 11.7 Å². The molecule has 6 heteroatoms. The van der Waals surface area contributed by atoms with Crippen LogP contribution < -0.4 is 16.0 Å². The Balaban J connectivity index is 1.74. The number of halogens is 1. The smallest absolute Gasteiger partial charge is 0.221 e. The van der Waals surface area contributed by atoms with Crippen molar-refractivity contribution < 1.29 is 9.18 Å². The summed E-state index contributed by atoms with van der Waals surface area (Å²) >= 11 is 0. The zero-order chi connectivity index (χ0) is 17.2. The molecule has 1 aliphatic rings. The van der Waals surface area contributed by atoms with Crippen molar-refractivity contribution in [2.24, 2.45) is 4.99 Å². The van der Waals surface area contributed by atoms with E-state index < -0.39 is 0 Å². The Morgan fingerprint density at radius 3 is 2.58 bits per heavy atom. The van der Waals surface area contributed by atoms with Crippen LogP contribution in [0.3, 0.4) is 0 Å². The van der Waals surface area contributed by atoms with E-state index in [4.69, 9.17) is 0 Å². The molecule has 24 heavy (non-hydrogen) atoms. The number of carbonyl (C=O) groups excluding carboxylic acids is 1. The first-order chi connectivity index (χ1) is 11.7. The van der Waals surface area contributed by atoms with Gasteiger partial charge in [-0.05, 0) is 37.5 Å². The summed E-state index contributed by atoms with van der Waals surface area (Å²) in [7, 11) is 0. The zero-order valence-corrected chi connectivity index (χ0v) is 14.3. The second kappa shape index (κ2) is 9.90. The van der Waals surface area contributed by atoms with Crippen molar-refractivity contribution in [1.82, 2.24) is 16.0 Å². The van der Waals surface area contributed by atoms with Crippen LogP contribution in [-0.2, 0) is 11.3 Å². The lowest BCUT2D eigenvalue weighted by atomic mass is 10.2.